The number of nitro benzene ring substituents is 1. The van der Waals surface area contributed by atoms with Gasteiger partial charge in [-0.05, 0) is 50.6 Å². The first-order chi connectivity index (χ1) is 21.8. The summed E-state index contributed by atoms with van der Waals surface area (Å²) >= 11 is 0. The van der Waals surface area contributed by atoms with E-state index < -0.39 is 50.7 Å². The van der Waals surface area contributed by atoms with Crippen LogP contribution in [-0.2, 0) is 32.6 Å². The standard InChI is InChI=1S/C34H35FN4O6S/c1-34(2,3)36-33(41)31(21-25-13-6-4-7-14-25)37(23-26-15-10-11-20-30(26)35)32(40)24-38(27-16-12-17-28(22-27)39(42)43)46(44,45)29-18-8-5-9-19-29/h4-20,22,31H,21,23-24H2,1-3H3,(H,36,41)/t31-/m0/s1. The fraction of sp³-hybridized carbons (Fsp3) is 0.235. The third-order valence-corrected chi connectivity index (χ3v) is 8.79. The molecular weight excluding hydrogens is 611 g/mol. The molecule has 12 heteroatoms. The van der Waals surface area contributed by atoms with Crippen LogP contribution in [0.3, 0.4) is 0 Å². The van der Waals surface area contributed by atoms with Crippen molar-refractivity contribution < 1.29 is 27.3 Å². The molecule has 0 aliphatic heterocycles. The van der Waals surface area contributed by atoms with Gasteiger partial charge >= 0.3 is 0 Å². The predicted octanol–water partition coefficient (Wildman–Crippen LogP) is 5.48. The summed E-state index contributed by atoms with van der Waals surface area (Å²) in [4.78, 5) is 40.2. The first-order valence-corrected chi connectivity index (χ1v) is 15.9. The van der Waals surface area contributed by atoms with Gasteiger partial charge in [-0.3, -0.25) is 24.0 Å². The van der Waals surface area contributed by atoms with E-state index in [1.807, 2.05) is 0 Å². The number of carbonyl (C=O) groups excluding carboxylic acids is 2. The normalized spacial score (nSPS) is 12.2. The molecule has 0 aliphatic rings. The lowest BCUT2D eigenvalue weighted by Gasteiger charge is -2.35. The smallest absolute Gasteiger partial charge is 0.271 e. The van der Waals surface area contributed by atoms with Crippen LogP contribution in [0.1, 0.15) is 31.9 Å². The van der Waals surface area contributed by atoms with Crippen molar-refractivity contribution in [2.24, 2.45) is 0 Å². The number of nitrogens with zero attached hydrogens (tertiary/aromatic N) is 3. The highest BCUT2D eigenvalue weighted by Crippen LogP contribution is 2.28. The van der Waals surface area contributed by atoms with Gasteiger partial charge in [-0.25, -0.2) is 12.8 Å². The van der Waals surface area contributed by atoms with Gasteiger partial charge in [0.05, 0.1) is 15.5 Å². The average Bonchev–Trinajstić information content (AvgIpc) is 3.02. The van der Waals surface area contributed by atoms with E-state index >= 15 is 4.39 Å². The Morgan fingerprint density at radius 2 is 1.50 bits per heavy atom. The molecule has 0 heterocycles. The molecule has 0 spiro atoms. The summed E-state index contributed by atoms with van der Waals surface area (Å²) in [5.74, 6) is -1.95. The van der Waals surface area contributed by atoms with E-state index in [0.717, 1.165) is 20.8 Å². The predicted molar refractivity (Wildman–Crippen MR) is 173 cm³/mol. The number of amides is 2. The molecule has 0 saturated heterocycles. The largest absolute Gasteiger partial charge is 0.350 e. The number of sulfonamides is 1. The van der Waals surface area contributed by atoms with E-state index in [2.05, 4.69) is 5.32 Å². The van der Waals surface area contributed by atoms with Crippen LogP contribution >= 0.6 is 0 Å². The van der Waals surface area contributed by atoms with Crippen molar-refractivity contribution in [2.75, 3.05) is 10.8 Å². The Bertz CT molecular complexity index is 1800. The molecule has 0 aliphatic carbocycles. The molecule has 0 unspecified atom stereocenters. The summed E-state index contributed by atoms with van der Waals surface area (Å²) in [6.07, 6.45) is 0.0468. The number of carbonyl (C=O) groups is 2. The molecule has 0 fully saturated rings. The maximum absolute atomic E-state index is 15.0. The number of rotatable bonds is 12. The van der Waals surface area contributed by atoms with Crippen LogP contribution in [0.2, 0.25) is 0 Å². The lowest BCUT2D eigenvalue weighted by Crippen LogP contribution is -2.56. The zero-order valence-corrected chi connectivity index (χ0v) is 26.5. The lowest BCUT2D eigenvalue weighted by molar-refractivity contribution is -0.384. The monoisotopic (exact) mass is 646 g/mol. The number of non-ortho nitro benzene ring substituents is 1. The molecule has 2 amide bonds. The van der Waals surface area contributed by atoms with E-state index in [9.17, 15) is 28.1 Å². The average molecular weight is 647 g/mol. The maximum atomic E-state index is 15.0. The Labute approximate surface area is 267 Å². The first kappa shape index (κ1) is 33.8. The quantitative estimate of drug-likeness (QED) is 0.160. The molecule has 4 rings (SSSR count). The number of hydrogen-bond donors (Lipinski definition) is 1. The van der Waals surface area contributed by atoms with Crippen molar-refractivity contribution >= 4 is 33.2 Å². The fourth-order valence-corrected chi connectivity index (χ4v) is 6.25. The topological polar surface area (TPSA) is 130 Å². The van der Waals surface area contributed by atoms with E-state index in [1.54, 1.807) is 63.2 Å². The second kappa shape index (κ2) is 14.3. The number of halogens is 1. The van der Waals surface area contributed by atoms with Crippen molar-refractivity contribution in [1.29, 1.82) is 0 Å². The molecule has 1 N–H and O–H groups in total. The van der Waals surface area contributed by atoms with Gasteiger partial charge in [0, 0.05) is 36.2 Å². The minimum Gasteiger partial charge on any atom is -0.350 e. The van der Waals surface area contributed by atoms with Crippen molar-refractivity contribution in [3.05, 3.63) is 136 Å². The van der Waals surface area contributed by atoms with Crippen molar-refractivity contribution in [2.45, 2.75) is 50.2 Å². The van der Waals surface area contributed by atoms with E-state index in [4.69, 9.17) is 0 Å². The van der Waals surface area contributed by atoms with Gasteiger partial charge in [0.25, 0.3) is 15.7 Å². The lowest BCUT2D eigenvalue weighted by atomic mass is 10.0. The van der Waals surface area contributed by atoms with Crippen LogP contribution in [0.15, 0.2) is 114 Å². The van der Waals surface area contributed by atoms with E-state index in [-0.39, 0.29) is 34.8 Å². The summed E-state index contributed by atoms with van der Waals surface area (Å²) in [5.41, 5.74) is -0.366. The molecule has 0 bridgehead atoms. The van der Waals surface area contributed by atoms with Gasteiger partial charge in [0.2, 0.25) is 11.8 Å². The van der Waals surface area contributed by atoms with Gasteiger partial charge in [-0.15, -0.1) is 0 Å². The molecule has 1 atom stereocenters. The van der Waals surface area contributed by atoms with E-state index in [1.165, 1.54) is 60.7 Å². The van der Waals surface area contributed by atoms with Gasteiger partial charge in [0.15, 0.2) is 0 Å². The minimum absolute atomic E-state index is 0.0468. The number of hydrogen-bond acceptors (Lipinski definition) is 6. The van der Waals surface area contributed by atoms with Crippen LogP contribution in [0.25, 0.3) is 0 Å². The SMILES string of the molecule is CC(C)(C)NC(=O)[C@H](Cc1ccccc1)N(Cc1ccccc1F)C(=O)CN(c1cccc([N+](=O)[O-])c1)S(=O)(=O)c1ccccc1. The molecule has 240 valence electrons. The van der Waals surface area contributed by atoms with Crippen LogP contribution in [0.4, 0.5) is 15.8 Å². The molecule has 0 aromatic heterocycles. The first-order valence-electron chi connectivity index (χ1n) is 14.5. The summed E-state index contributed by atoms with van der Waals surface area (Å²) < 4.78 is 43.8. The van der Waals surface area contributed by atoms with E-state index in [0.29, 0.717) is 0 Å². The molecule has 0 radical (unpaired) electrons. The second-order valence-corrected chi connectivity index (χ2v) is 13.5. The van der Waals surface area contributed by atoms with Crippen LogP contribution in [-0.4, -0.2) is 48.2 Å². The Morgan fingerprint density at radius 3 is 2.11 bits per heavy atom. The summed E-state index contributed by atoms with van der Waals surface area (Å²) in [7, 11) is -4.45. The summed E-state index contributed by atoms with van der Waals surface area (Å²) in [6, 6.07) is 25.8. The molecule has 0 saturated carbocycles. The fourth-order valence-electron chi connectivity index (χ4n) is 4.83. The second-order valence-electron chi connectivity index (χ2n) is 11.7. The number of nitro groups is 1. The Balaban J connectivity index is 1.85. The van der Waals surface area contributed by atoms with Crippen molar-refractivity contribution in [3.8, 4) is 0 Å². The van der Waals surface area contributed by atoms with Crippen molar-refractivity contribution in [3.63, 3.8) is 0 Å². The van der Waals surface area contributed by atoms with Crippen LogP contribution in [0.5, 0.6) is 0 Å². The molecular formula is C34H35FN4O6S. The zero-order valence-electron chi connectivity index (χ0n) is 25.7. The highest BCUT2D eigenvalue weighted by Gasteiger charge is 2.36. The highest BCUT2D eigenvalue weighted by atomic mass is 32.2. The zero-order chi connectivity index (χ0) is 33.5. The van der Waals surface area contributed by atoms with Gasteiger partial charge in [-0.1, -0.05) is 72.8 Å². The summed E-state index contributed by atoms with van der Waals surface area (Å²) in [6.45, 7) is 4.16. The highest BCUT2D eigenvalue weighted by molar-refractivity contribution is 7.92. The maximum Gasteiger partial charge on any atom is 0.271 e. The van der Waals surface area contributed by atoms with Gasteiger partial charge in [-0.2, -0.15) is 0 Å². The number of anilines is 1. The Morgan fingerprint density at radius 1 is 0.891 bits per heavy atom. The third-order valence-electron chi connectivity index (χ3n) is 7.01. The number of nitrogens with one attached hydrogen (secondary N) is 1. The van der Waals surface area contributed by atoms with Gasteiger partial charge < -0.3 is 10.2 Å². The Kier molecular flexibility index (Phi) is 10.5. The van der Waals surface area contributed by atoms with Crippen LogP contribution < -0.4 is 9.62 Å². The molecule has 46 heavy (non-hydrogen) atoms. The molecule has 4 aromatic rings. The van der Waals surface area contributed by atoms with Gasteiger partial charge in [0.1, 0.15) is 18.4 Å². The minimum atomic E-state index is -4.45. The third kappa shape index (κ3) is 8.54. The summed E-state index contributed by atoms with van der Waals surface area (Å²) in [5, 5.41) is 14.5. The number of benzene rings is 4. The van der Waals surface area contributed by atoms with Crippen LogP contribution in [0, 0.1) is 15.9 Å². The molecule has 10 nitrogen and oxygen atoms in total. The Hall–Kier alpha value is -5.10. The van der Waals surface area contributed by atoms with Crippen molar-refractivity contribution in [1.82, 2.24) is 10.2 Å². The molecule has 4 aromatic carbocycles.